The standard InChI is InChI=1S/C12H24N2O/c1-4-12(6-5-7-12)8-14-11(15)10(13)9(2)3/h9-10H,4-8,13H2,1-3H3,(H,14,15)/t10-/m1/s1. The molecule has 1 fully saturated rings. The van der Waals surface area contributed by atoms with Crippen molar-refractivity contribution in [2.45, 2.75) is 52.5 Å². The van der Waals surface area contributed by atoms with Crippen LogP contribution in [0.4, 0.5) is 0 Å². The lowest BCUT2D eigenvalue weighted by Gasteiger charge is -2.41. The van der Waals surface area contributed by atoms with Gasteiger partial charge in [0.1, 0.15) is 0 Å². The van der Waals surface area contributed by atoms with Crippen molar-refractivity contribution >= 4 is 5.91 Å². The molecule has 1 atom stereocenters. The first-order valence-electron chi connectivity index (χ1n) is 6.04. The molecule has 3 N–H and O–H groups in total. The van der Waals surface area contributed by atoms with Gasteiger partial charge in [0.25, 0.3) is 0 Å². The summed E-state index contributed by atoms with van der Waals surface area (Å²) in [6.07, 6.45) is 4.96. The zero-order valence-electron chi connectivity index (χ0n) is 10.2. The molecule has 88 valence electrons. The molecule has 0 radical (unpaired) electrons. The zero-order valence-corrected chi connectivity index (χ0v) is 10.2. The summed E-state index contributed by atoms with van der Waals surface area (Å²) in [5.41, 5.74) is 6.16. The van der Waals surface area contributed by atoms with Crippen LogP contribution in [0.2, 0.25) is 0 Å². The maximum atomic E-state index is 11.7. The topological polar surface area (TPSA) is 55.1 Å². The van der Waals surface area contributed by atoms with E-state index in [0.717, 1.165) is 13.0 Å². The fraction of sp³-hybridized carbons (Fsp3) is 0.917. The smallest absolute Gasteiger partial charge is 0.237 e. The normalized spacial score (nSPS) is 20.9. The average molecular weight is 212 g/mol. The maximum Gasteiger partial charge on any atom is 0.237 e. The van der Waals surface area contributed by atoms with Gasteiger partial charge in [-0.05, 0) is 30.6 Å². The summed E-state index contributed by atoms with van der Waals surface area (Å²) < 4.78 is 0. The van der Waals surface area contributed by atoms with E-state index >= 15 is 0 Å². The Labute approximate surface area is 92.8 Å². The second kappa shape index (κ2) is 4.97. The highest BCUT2D eigenvalue weighted by Gasteiger charge is 2.35. The van der Waals surface area contributed by atoms with Gasteiger partial charge in [-0.3, -0.25) is 4.79 Å². The third-order valence-corrected chi connectivity index (χ3v) is 3.82. The van der Waals surface area contributed by atoms with E-state index in [1.807, 2.05) is 13.8 Å². The minimum Gasteiger partial charge on any atom is -0.354 e. The highest BCUT2D eigenvalue weighted by molar-refractivity contribution is 5.81. The molecule has 3 nitrogen and oxygen atoms in total. The highest BCUT2D eigenvalue weighted by atomic mass is 16.2. The molecule has 1 rings (SSSR count). The maximum absolute atomic E-state index is 11.7. The Morgan fingerprint density at radius 2 is 2.07 bits per heavy atom. The van der Waals surface area contributed by atoms with Crippen LogP contribution < -0.4 is 11.1 Å². The molecule has 1 aliphatic rings. The van der Waals surface area contributed by atoms with Crippen molar-refractivity contribution in [2.24, 2.45) is 17.1 Å². The molecule has 0 aromatic rings. The Hall–Kier alpha value is -0.570. The van der Waals surface area contributed by atoms with Crippen molar-refractivity contribution in [3.05, 3.63) is 0 Å². The van der Waals surface area contributed by atoms with Crippen LogP contribution in [0.3, 0.4) is 0 Å². The van der Waals surface area contributed by atoms with Gasteiger partial charge in [0.15, 0.2) is 0 Å². The fourth-order valence-corrected chi connectivity index (χ4v) is 2.03. The van der Waals surface area contributed by atoms with Crippen molar-refractivity contribution in [1.82, 2.24) is 5.32 Å². The van der Waals surface area contributed by atoms with Gasteiger partial charge in [0.2, 0.25) is 5.91 Å². The molecule has 0 saturated heterocycles. The summed E-state index contributed by atoms with van der Waals surface area (Å²) in [6, 6.07) is -0.362. The van der Waals surface area contributed by atoms with E-state index in [-0.39, 0.29) is 17.9 Å². The number of hydrogen-bond acceptors (Lipinski definition) is 2. The molecule has 0 bridgehead atoms. The van der Waals surface area contributed by atoms with Crippen molar-refractivity contribution in [2.75, 3.05) is 6.54 Å². The number of amides is 1. The monoisotopic (exact) mass is 212 g/mol. The first-order valence-corrected chi connectivity index (χ1v) is 6.04. The van der Waals surface area contributed by atoms with E-state index in [0.29, 0.717) is 5.41 Å². The Bertz CT molecular complexity index is 216. The molecular weight excluding hydrogens is 188 g/mol. The summed E-state index contributed by atoms with van der Waals surface area (Å²) in [5.74, 6) is 0.216. The van der Waals surface area contributed by atoms with E-state index in [2.05, 4.69) is 12.2 Å². The van der Waals surface area contributed by atoms with Crippen LogP contribution in [-0.2, 0) is 4.79 Å². The van der Waals surface area contributed by atoms with Crippen LogP contribution in [0, 0.1) is 11.3 Å². The number of carbonyl (C=O) groups excluding carboxylic acids is 1. The Morgan fingerprint density at radius 1 is 1.47 bits per heavy atom. The Kier molecular flexibility index (Phi) is 4.14. The number of nitrogens with one attached hydrogen (secondary N) is 1. The van der Waals surface area contributed by atoms with Gasteiger partial charge in [-0.25, -0.2) is 0 Å². The van der Waals surface area contributed by atoms with E-state index in [4.69, 9.17) is 5.73 Å². The van der Waals surface area contributed by atoms with Gasteiger partial charge >= 0.3 is 0 Å². The van der Waals surface area contributed by atoms with Crippen molar-refractivity contribution in [1.29, 1.82) is 0 Å². The Morgan fingerprint density at radius 3 is 2.40 bits per heavy atom. The van der Waals surface area contributed by atoms with Gasteiger partial charge in [-0.15, -0.1) is 0 Å². The molecular formula is C12H24N2O. The summed E-state index contributed by atoms with van der Waals surface area (Å²) in [4.78, 5) is 11.7. The lowest BCUT2D eigenvalue weighted by Crippen LogP contribution is -2.49. The summed E-state index contributed by atoms with van der Waals surface area (Å²) in [7, 11) is 0. The van der Waals surface area contributed by atoms with Crippen molar-refractivity contribution in [3.8, 4) is 0 Å². The predicted octanol–water partition coefficient (Wildman–Crippen LogP) is 1.67. The fourth-order valence-electron chi connectivity index (χ4n) is 2.03. The molecule has 1 aliphatic carbocycles. The molecule has 0 spiro atoms. The first kappa shape index (κ1) is 12.5. The molecule has 1 amide bonds. The van der Waals surface area contributed by atoms with Crippen molar-refractivity contribution < 1.29 is 4.79 Å². The van der Waals surface area contributed by atoms with Crippen LogP contribution in [0.15, 0.2) is 0 Å². The molecule has 0 aromatic heterocycles. The molecule has 1 saturated carbocycles. The molecule has 15 heavy (non-hydrogen) atoms. The van der Waals surface area contributed by atoms with Gasteiger partial charge < -0.3 is 11.1 Å². The average Bonchev–Trinajstić information content (AvgIpc) is 2.15. The summed E-state index contributed by atoms with van der Waals surface area (Å²) >= 11 is 0. The van der Waals surface area contributed by atoms with E-state index in [1.54, 1.807) is 0 Å². The molecule has 0 aliphatic heterocycles. The van der Waals surface area contributed by atoms with E-state index < -0.39 is 0 Å². The van der Waals surface area contributed by atoms with Crippen LogP contribution in [0.5, 0.6) is 0 Å². The third-order valence-electron chi connectivity index (χ3n) is 3.82. The second-order valence-electron chi connectivity index (χ2n) is 5.19. The first-order chi connectivity index (χ1) is 7.01. The van der Waals surface area contributed by atoms with Crippen LogP contribution in [0.25, 0.3) is 0 Å². The Balaban J connectivity index is 2.33. The van der Waals surface area contributed by atoms with Crippen molar-refractivity contribution in [3.63, 3.8) is 0 Å². The molecule has 0 unspecified atom stereocenters. The highest BCUT2D eigenvalue weighted by Crippen LogP contribution is 2.42. The minimum atomic E-state index is -0.362. The van der Waals surface area contributed by atoms with E-state index in [9.17, 15) is 4.79 Å². The SMILES string of the molecule is CCC1(CNC(=O)[C@H](N)C(C)C)CCC1. The lowest BCUT2D eigenvalue weighted by atomic mass is 9.67. The number of hydrogen-bond donors (Lipinski definition) is 2. The van der Waals surface area contributed by atoms with Crippen LogP contribution in [0.1, 0.15) is 46.5 Å². The molecule has 3 heteroatoms. The van der Waals surface area contributed by atoms with Gasteiger partial charge in [0, 0.05) is 6.54 Å². The molecule has 0 aromatic carbocycles. The van der Waals surface area contributed by atoms with Crippen LogP contribution >= 0.6 is 0 Å². The number of rotatable bonds is 5. The molecule has 0 heterocycles. The second-order valence-corrected chi connectivity index (χ2v) is 5.19. The van der Waals surface area contributed by atoms with Gasteiger partial charge in [-0.1, -0.05) is 27.2 Å². The minimum absolute atomic E-state index is 0.00438. The largest absolute Gasteiger partial charge is 0.354 e. The van der Waals surface area contributed by atoms with E-state index in [1.165, 1.54) is 19.3 Å². The quantitative estimate of drug-likeness (QED) is 0.728. The number of nitrogens with two attached hydrogens (primary N) is 1. The number of carbonyl (C=O) groups is 1. The van der Waals surface area contributed by atoms with Crippen LogP contribution in [-0.4, -0.2) is 18.5 Å². The third kappa shape index (κ3) is 2.94. The van der Waals surface area contributed by atoms with Gasteiger partial charge in [0.05, 0.1) is 6.04 Å². The van der Waals surface area contributed by atoms with Gasteiger partial charge in [-0.2, -0.15) is 0 Å². The lowest BCUT2D eigenvalue weighted by molar-refractivity contribution is -0.124. The predicted molar refractivity (Wildman–Crippen MR) is 62.4 cm³/mol. The zero-order chi connectivity index (χ0) is 11.5. The summed E-state index contributed by atoms with van der Waals surface area (Å²) in [5, 5.41) is 2.99. The summed E-state index contributed by atoms with van der Waals surface area (Å²) in [6.45, 7) is 6.96.